The van der Waals surface area contributed by atoms with Gasteiger partial charge in [-0.1, -0.05) is 11.6 Å². The van der Waals surface area contributed by atoms with Crippen molar-refractivity contribution in [2.75, 3.05) is 18.4 Å². The first-order valence-electron chi connectivity index (χ1n) is 9.19. The molecule has 3 N–H and O–H groups in total. The minimum atomic E-state index is -0.406. The quantitative estimate of drug-likeness (QED) is 0.503. The summed E-state index contributed by atoms with van der Waals surface area (Å²) in [6.45, 7) is 7.56. The van der Waals surface area contributed by atoms with Crippen molar-refractivity contribution in [2.24, 2.45) is 0 Å². The number of rotatable bonds is 2. The summed E-state index contributed by atoms with van der Waals surface area (Å²) in [7, 11) is 0. The number of alkyl carbamates (subject to hydrolysis) is 1. The Morgan fingerprint density at radius 2 is 1.93 bits per heavy atom. The third kappa shape index (κ3) is 7.05. The van der Waals surface area contributed by atoms with Crippen LogP contribution in [-0.4, -0.2) is 53.0 Å². The summed E-state index contributed by atoms with van der Waals surface area (Å²) >= 11 is 5.81. The number of aromatic nitrogens is 2. The summed E-state index contributed by atoms with van der Waals surface area (Å²) in [6, 6.07) is 0.270. The fourth-order valence-corrected chi connectivity index (χ4v) is 2.99. The summed E-state index contributed by atoms with van der Waals surface area (Å²) in [6.07, 6.45) is 3.05. The molecule has 1 aromatic rings. The Kier molecular flexibility index (Phi) is 7.70. The number of fused-ring (bicyclic) bond motifs is 1. The molecule has 1 saturated heterocycles. The first-order chi connectivity index (χ1) is 13.2. The van der Waals surface area contributed by atoms with E-state index in [0.717, 1.165) is 25.9 Å². The van der Waals surface area contributed by atoms with Crippen molar-refractivity contribution in [1.82, 2.24) is 20.6 Å². The second-order valence-corrected chi connectivity index (χ2v) is 7.89. The molecule has 2 aliphatic heterocycles. The third-order valence-electron chi connectivity index (χ3n) is 4.00. The second-order valence-electron chi connectivity index (χ2n) is 7.54. The number of ether oxygens (including phenoxy) is 1. The van der Waals surface area contributed by atoms with Gasteiger partial charge in [-0.05, 0) is 53.1 Å². The number of nitrogens with zero attached hydrogens (tertiary/aromatic N) is 2. The molecule has 0 aromatic carbocycles. The fourth-order valence-electron chi connectivity index (χ4n) is 2.72. The Morgan fingerprint density at radius 1 is 1.25 bits per heavy atom. The number of amides is 2. The number of hydrogen-bond donors (Lipinski definition) is 3. The van der Waals surface area contributed by atoms with Crippen LogP contribution in [0.2, 0.25) is 5.15 Å². The van der Waals surface area contributed by atoms with Gasteiger partial charge < -0.3 is 20.7 Å². The van der Waals surface area contributed by atoms with Crippen LogP contribution in [0.15, 0.2) is 0 Å². The molecule has 28 heavy (non-hydrogen) atoms. The smallest absolute Gasteiger partial charge is 0.407 e. The molecule has 154 valence electrons. The predicted molar refractivity (Wildman–Crippen MR) is 105 cm³/mol. The van der Waals surface area contributed by atoms with Crippen molar-refractivity contribution >= 4 is 35.7 Å². The van der Waals surface area contributed by atoms with E-state index in [0.29, 0.717) is 30.5 Å². The van der Waals surface area contributed by atoms with E-state index in [1.54, 1.807) is 0 Å². The molecule has 2 amide bonds. The van der Waals surface area contributed by atoms with E-state index in [2.05, 4.69) is 25.9 Å². The van der Waals surface area contributed by atoms with Crippen molar-refractivity contribution in [3.63, 3.8) is 0 Å². The van der Waals surface area contributed by atoms with Gasteiger partial charge in [0.25, 0.3) is 0 Å². The highest BCUT2D eigenvalue weighted by Gasteiger charge is 2.21. The maximum atomic E-state index is 11.4. The fraction of sp³-hybridized carbons (Fsp3) is 0.611. The van der Waals surface area contributed by atoms with Crippen molar-refractivity contribution < 1.29 is 19.1 Å². The molecule has 3 heterocycles. The Labute approximate surface area is 169 Å². The summed E-state index contributed by atoms with van der Waals surface area (Å²) in [4.78, 5) is 40.4. The van der Waals surface area contributed by atoms with Crippen LogP contribution in [0.1, 0.15) is 56.2 Å². The number of aldehydes is 1. The standard InChI is InChI=1S/C10H20N2O2.C8H6ClN3O2/c1-10(2,3)14-9(13)12-8-4-6-11-7-5-8;9-7-4-1-2-6(14)12-8(4)11-5(3-13)10-7/h8,11H,4-7H2,1-3H3,(H,12,13);3H,1-2H2,(H,10,11,12,14). The molecule has 3 rings (SSSR count). The number of anilines is 1. The van der Waals surface area contributed by atoms with E-state index < -0.39 is 5.60 Å². The summed E-state index contributed by atoms with van der Waals surface area (Å²) in [5.74, 6) is 0.211. The molecule has 0 bridgehead atoms. The van der Waals surface area contributed by atoms with Crippen molar-refractivity contribution in [2.45, 2.75) is 58.1 Å². The molecule has 0 aliphatic carbocycles. The summed E-state index contributed by atoms with van der Waals surface area (Å²) in [5.41, 5.74) is 0.286. The van der Waals surface area contributed by atoms with Gasteiger partial charge in [-0.25, -0.2) is 14.8 Å². The zero-order valence-corrected chi connectivity index (χ0v) is 17.1. The molecule has 1 fully saturated rings. The molecule has 1 aromatic heterocycles. The highest BCUT2D eigenvalue weighted by Crippen LogP contribution is 2.25. The SMILES string of the molecule is CC(C)(C)OC(=O)NC1CCNCC1.O=Cc1nc(Cl)c2c(n1)NC(=O)CC2. The summed E-state index contributed by atoms with van der Waals surface area (Å²) < 4.78 is 5.17. The topological polar surface area (TPSA) is 122 Å². The van der Waals surface area contributed by atoms with Gasteiger partial charge in [-0.15, -0.1) is 0 Å². The normalized spacial score (nSPS) is 16.8. The molecule has 0 atom stereocenters. The second kappa shape index (κ2) is 9.79. The van der Waals surface area contributed by atoms with Gasteiger partial charge in [0, 0.05) is 18.0 Å². The van der Waals surface area contributed by atoms with Crippen LogP contribution in [0.25, 0.3) is 0 Å². The molecule has 0 radical (unpaired) electrons. The third-order valence-corrected chi connectivity index (χ3v) is 4.31. The maximum absolute atomic E-state index is 11.4. The monoisotopic (exact) mass is 411 g/mol. The van der Waals surface area contributed by atoms with Gasteiger partial charge in [-0.2, -0.15) is 0 Å². The van der Waals surface area contributed by atoms with Crippen LogP contribution in [-0.2, 0) is 16.0 Å². The molecule has 2 aliphatic rings. The van der Waals surface area contributed by atoms with Crippen molar-refractivity contribution in [3.8, 4) is 0 Å². The molecule has 10 heteroatoms. The molecular weight excluding hydrogens is 386 g/mol. The first kappa shape index (κ1) is 22.0. The number of piperidine rings is 1. The van der Waals surface area contributed by atoms with Crippen molar-refractivity contribution in [3.05, 3.63) is 16.5 Å². The minimum absolute atomic E-state index is 0.0176. The van der Waals surface area contributed by atoms with E-state index in [-0.39, 0.29) is 29.0 Å². The Hall–Kier alpha value is -2.26. The van der Waals surface area contributed by atoms with E-state index >= 15 is 0 Å². The number of carbonyl (C=O) groups excluding carboxylic acids is 3. The van der Waals surface area contributed by atoms with Gasteiger partial charge in [0.15, 0.2) is 12.1 Å². The van der Waals surface area contributed by atoms with Crippen molar-refractivity contribution in [1.29, 1.82) is 0 Å². The van der Waals surface area contributed by atoms with Gasteiger partial charge in [0.05, 0.1) is 0 Å². The molecule has 0 spiro atoms. The van der Waals surface area contributed by atoms with Crippen LogP contribution in [0.5, 0.6) is 0 Å². The Morgan fingerprint density at radius 3 is 2.54 bits per heavy atom. The lowest BCUT2D eigenvalue weighted by atomic mass is 10.1. The van der Waals surface area contributed by atoms with Crippen LogP contribution >= 0.6 is 11.6 Å². The molecule has 9 nitrogen and oxygen atoms in total. The van der Waals surface area contributed by atoms with Gasteiger partial charge in [0.1, 0.15) is 16.6 Å². The molecule has 0 unspecified atom stereocenters. The highest BCUT2D eigenvalue weighted by atomic mass is 35.5. The highest BCUT2D eigenvalue weighted by molar-refractivity contribution is 6.30. The van der Waals surface area contributed by atoms with E-state index in [9.17, 15) is 14.4 Å². The number of halogens is 1. The zero-order chi connectivity index (χ0) is 20.7. The average molecular weight is 412 g/mol. The average Bonchev–Trinajstić information content (AvgIpc) is 2.61. The van der Waals surface area contributed by atoms with Crippen LogP contribution in [0.3, 0.4) is 0 Å². The first-order valence-corrected chi connectivity index (χ1v) is 9.57. The van der Waals surface area contributed by atoms with Crippen LogP contribution < -0.4 is 16.0 Å². The minimum Gasteiger partial charge on any atom is -0.444 e. The molecule has 0 saturated carbocycles. The number of hydrogen-bond acceptors (Lipinski definition) is 7. The lowest BCUT2D eigenvalue weighted by molar-refractivity contribution is -0.116. The Balaban J connectivity index is 0.000000200. The lowest BCUT2D eigenvalue weighted by Crippen LogP contribution is -2.44. The Bertz CT molecular complexity index is 729. The zero-order valence-electron chi connectivity index (χ0n) is 16.3. The van der Waals surface area contributed by atoms with Crippen LogP contribution in [0.4, 0.5) is 10.6 Å². The van der Waals surface area contributed by atoms with E-state index in [4.69, 9.17) is 16.3 Å². The van der Waals surface area contributed by atoms with E-state index in [1.165, 1.54) is 0 Å². The van der Waals surface area contributed by atoms with Gasteiger partial charge in [-0.3, -0.25) is 9.59 Å². The predicted octanol–water partition coefficient (Wildman–Crippen LogP) is 2.09. The lowest BCUT2D eigenvalue weighted by Gasteiger charge is -2.26. The van der Waals surface area contributed by atoms with E-state index in [1.807, 2.05) is 20.8 Å². The maximum Gasteiger partial charge on any atom is 0.407 e. The largest absolute Gasteiger partial charge is 0.444 e. The molecular formula is C18H26ClN5O4. The number of carbonyl (C=O) groups is 3. The summed E-state index contributed by atoms with van der Waals surface area (Å²) in [5, 5.41) is 8.89. The van der Waals surface area contributed by atoms with Gasteiger partial charge in [0.2, 0.25) is 5.91 Å². The van der Waals surface area contributed by atoms with Gasteiger partial charge >= 0.3 is 6.09 Å². The number of nitrogens with one attached hydrogen (secondary N) is 3. The van der Waals surface area contributed by atoms with Crippen LogP contribution in [0, 0.1) is 0 Å².